The summed E-state index contributed by atoms with van der Waals surface area (Å²) in [5, 5.41) is 8.35. The van der Waals surface area contributed by atoms with Crippen LogP contribution in [0.2, 0.25) is 0 Å². The zero-order valence-electron chi connectivity index (χ0n) is 25.6. The molecule has 1 saturated heterocycles. The maximum Gasteiger partial charge on any atom is 0.416 e. The molecule has 3 aromatic rings. The van der Waals surface area contributed by atoms with Crippen LogP contribution in [-0.4, -0.2) is 53.3 Å². The van der Waals surface area contributed by atoms with Gasteiger partial charge in [-0.25, -0.2) is 0 Å². The van der Waals surface area contributed by atoms with Crippen LogP contribution in [0, 0.1) is 17.3 Å². The van der Waals surface area contributed by atoms with Crippen molar-refractivity contribution < 1.29 is 22.8 Å². The number of carbonyl (C=O) groups excluding carboxylic acids is 2. The van der Waals surface area contributed by atoms with E-state index in [-0.39, 0.29) is 34.4 Å². The summed E-state index contributed by atoms with van der Waals surface area (Å²) in [4.78, 5) is 32.7. The molecule has 8 nitrogen and oxygen atoms in total. The van der Waals surface area contributed by atoms with E-state index in [1.807, 2.05) is 40.9 Å². The standard InChI is InChI=1S/C34H37F3N6O2/c1-38-16-23-13-33(14-23,15-30-40-39-21-41(30)2)24-4-3-5-25(10-24)43-17-28-27(31(43)45)11-26(12-29(28)34(35,36)37)42-19-32(20-42)8-6-22(18-44)7-9-32/h3-5,10-12,16,18,21-23H,6-9,13-15,17,19-20H2,1-2H3. The van der Waals surface area contributed by atoms with Crippen LogP contribution in [0.3, 0.4) is 0 Å². The minimum absolute atomic E-state index is 0.0278. The Kier molecular flexibility index (Phi) is 7.13. The highest BCUT2D eigenvalue weighted by molar-refractivity contribution is 6.11. The van der Waals surface area contributed by atoms with E-state index in [0.29, 0.717) is 36.8 Å². The molecule has 1 aromatic heterocycles. The van der Waals surface area contributed by atoms with Crippen LogP contribution in [0.1, 0.15) is 71.4 Å². The van der Waals surface area contributed by atoms with Crippen LogP contribution in [0.15, 0.2) is 47.7 Å². The minimum Gasteiger partial charge on any atom is -0.370 e. The van der Waals surface area contributed by atoms with Gasteiger partial charge >= 0.3 is 6.18 Å². The topological polar surface area (TPSA) is 83.7 Å². The van der Waals surface area contributed by atoms with E-state index in [9.17, 15) is 22.8 Å². The number of aromatic nitrogens is 3. The van der Waals surface area contributed by atoms with Gasteiger partial charge in [0.25, 0.3) is 5.91 Å². The van der Waals surface area contributed by atoms with Crippen molar-refractivity contribution in [3.63, 3.8) is 0 Å². The Morgan fingerprint density at radius 2 is 1.82 bits per heavy atom. The van der Waals surface area contributed by atoms with E-state index >= 15 is 0 Å². The molecule has 3 fully saturated rings. The summed E-state index contributed by atoms with van der Waals surface area (Å²) >= 11 is 0. The van der Waals surface area contributed by atoms with Gasteiger partial charge in [0.05, 0.1) is 12.1 Å². The lowest BCUT2D eigenvalue weighted by Crippen LogP contribution is -2.58. The number of aliphatic imine (C=N–C) groups is 1. The first-order valence-corrected chi connectivity index (χ1v) is 15.7. The maximum atomic E-state index is 14.5. The van der Waals surface area contributed by atoms with Crippen LogP contribution in [-0.2, 0) is 36.4 Å². The number of carbonyl (C=O) groups is 2. The fourth-order valence-corrected chi connectivity index (χ4v) is 8.20. The Labute approximate surface area is 260 Å². The number of rotatable bonds is 7. The van der Waals surface area contributed by atoms with Gasteiger partial charge in [-0.2, -0.15) is 13.2 Å². The van der Waals surface area contributed by atoms with Crippen molar-refractivity contribution in [3.05, 3.63) is 70.8 Å². The Morgan fingerprint density at radius 1 is 1.07 bits per heavy atom. The summed E-state index contributed by atoms with van der Waals surface area (Å²) in [6, 6.07) is 10.6. The van der Waals surface area contributed by atoms with Gasteiger partial charge in [-0.05, 0) is 79.8 Å². The Morgan fingerprint density at radius 3 is 2.47 bits per heavy atom. The molecule has 0 bridgehead atoms. The lowest BCUT2D eigenvalue weighted by Gasteiger charge is -2.54. The zero-order valence-corrected chi connectivity index (χ0v) is 25.6. The number of nitrogens with zero attached hydrogens (tertiary/aromatic N) is 6. The predicted octanol–water partition coefficient (Wildman–Crippen LogP) is 5.78. The molecule has 2 saturated carbocycles. The van der Waals surface area contributed by atoms with Gasteiger partial charge < -0.3 is 24.2 Å². The van der Waals surface area contributed by atoms with Crippen LogP contribution >= 0.6 is 0 Å². The molecule has 45 heavy (non-hydrogen) atoms. The molecule has 0 unspecified atom stereocenters. The van der Waals surface area contributed by atoms with Gasteiger partial charge in [0, 0.05) is 73.5 Å². The molecule has 2 aliphatic carbocycles. The van der Waals surface area contributed by atoms with E-state index in [1.165, 1.54) is 11.0 Å². The lowest BCUT2D eigenvalue weighted by atomic mass is 9.57. The van der Waals surface area contributed by atoms with Gasteiger partial charge in [-0.1, -0.05) is 12.1 Å². The van der Waals surface area contributed by atoms with Gasteiger partial charge in [0.15, 0.2) is 0 Å². The first kappa shape index (κ1) is 29.7. The zero-order chi connectivity index (χ0) is 31.6. The fourth-order valence-electron chi connectivity index (χ4n) is 8.20. The molecule has 0 radical (unpaired) electrons. The van der Waals surface area contributed by atoms with E-state index in [4.69, 9.17) is 0 Å². The average Bonchev–Trinajstić information content (AvgIpc) is 3.55. The smallest absolute Gasteiger partial charge is 0.370 e. The number of amides is 1. The minimum atomic E-state index is -4.59. The quantitative estimate of drug-likeness (QED) is 0.248. The van der Waals surface area contributed by atoms with Crippen molar-refractivity contribution in [1.29, 1.82) is 0 Å². The summed E-state index contributed by atoms with van der Waals surface area (Å²) in [7, 11) is 3.68. The van der Waals surface area contributed by atoms with E-state index in [0.717, 1.165) is 56.2 Å². The molecular weight excluding hydrogens is 581 g/mol. The molecule has 1 spiro atoms. The third kappa shape index (κ3) is 5.13. The van der Waals surface area contributed by atoms with Gasteiger partial charge in [-0.15, -0.1) is 10.2 Å². The second kappa shape index (κ2) is 10.8. The average molecular weight is 619 g/mol. The molecule has 0 atom stereocenters. The molecule has 1 amide bonds. The number of halogens is 3. The normalized spacial score (nSPS) is 24.6. The second-order valence-electron chi connectivity index (χ2n) is 13.7. The summed E-state index contributed by atoms with van der Waals surface area (Å²) in [5.41, 5.74) is 1.25. The summed E-state index contributed by atoms with van der Waals surface area (Å²) in [6.45, 7) is 1.16. The number of fused-ring (bicyclic) bond motifs is 1. The summed E-state index contributed by atoms with van der Waals surface area (Å²) in [5.74, 6) is 0.839. The van der Waals surface area contributed by atoms with E-state index < -0.39 is 17.6 Å². The molecule has 2 aliphatic heterocycles. The number of hydrogen-bond donors (Lipinski definition) is 0. The van der Waals surface area contributed by atoms with Crippen LogP contribution in [0.5, 0.6) is 0 Å². The van der Waals surface area contributed by atoms with Crippen molar-refractivity contribution >= 4 is 29.8 Å². The maximum absolute atomic E-state index is 14.5. The second-order valence-corrected chi connectivity index (χ2v) is 13.7. The lowest BCUT2D eigenvalue weighted by molar-refractivity contribution is -0.138. The highest BCUT2D eigenvalue weighted by Crippen LogP contribution is 2.51. The first-order chi connectivity index (χ1) is 21.5. The highest BCUT2D eigenvalue weighted by atomic mass is 19.4. The summed E-state index contributed by atoms with van der Waals surface area (Å²) in [6.07, 6.45) is 5.88. The third-order valence-corrected chi connectivity index (χ3v) is 10.8. The molecule has 0 N–H and O–H groups in total. The largest absolute Gasteiger partial charge is 0.416 e. The molecule has 4 aliphatic rings. The van der Waals surface area contributed by atoms with Crippen molar-refractivity contribution in [1.82, 2.24) is 14.8 Å². The fraction of sp³-hybridized carbons (Fsp3) is 0.500. The number of alkyl halides is 3. The number of aldehydes is 1. The molecule has 7 rings (SSSR count). The molecule has 236 valence electrons. The van der Waals surface area contributed by atoms with Gasteiger partial charge in [-0.3, -0.25) is 4.79 Å². The Bertz CT molecular complexity index is 1660. The van der Waals surface area contributed by atoms with E-state index in [2.05, 4.69) is 15.2 Å². The van der Waals surface area contributed by atoms with Crippen LogP contribution in [0.25, 0.3) is 0 Å². The van der Waals surface area contributed by atoms with Crippen molar-refractivity contribution in [2.24, 2.45) is 29.3 Å². The molecular formula is C34H37F3N6O2. The van der Waals surface area contributed by atoms with Crippen LogP contribution in [0.4, 0.5) is 24.5 Å². The van der Waals surface area contributed by atoms with Gasteiger partial charge in [0.1, 0.15) is 18.4 Å². The first-order valence-electron chi connectivity index (χ1n) is 15.7. The monoisotopic (exact) mass is 618 g/mol. The SMILES string of the molecule is CN=CC1CC(Cc2nncn2C)(c2cccc(N3Cc4c(cc(N5CC6(CCC(C=O)CC6)C5)cc4C(F)(F)F)C3=O)c2)C1. The highest BCUT2D eigenvalue weighted by Gasteiger charge is 2.48. The predicted molar refractivity (Wildman–Crippen MR) is 165 cm³/mol. The Balaban J connectivity index is 1.17. The molecule has 3 heterocycles. The number of hydrogen-bond acceptors (Lipinski definition) is 6. The van der Waals surface area contributed by atoms with Crippen molar-refractivity contribution in [2.75, 3.05) is 29.9 Å². The molecule has 2 aromatic carbocycles. The number of aryl methyl sites for hydroxylation is 1. The number of benzene rings is 2. The van der Waals surface area contributed by atoms with E-state index in [1.54, 1.807) is 25.5 Å². The van der Waals surface area contributed by atoms with Crippen molar-refractivity contribution in [3.8, 4) is 0 Å². The number of anilines is 2. The van der Waals surface area contributed by atoms with Crippen molar-refractivity contribution in [2.45, 2.75) is 63.1 Å². The summed E-state index contributed by atoms with van der Waals surface area (Å²) < 4.78 is 45.3. The van der Waals surface area contributed by atoms with Crippen LogP contribution < -0.4 is 9.80 Å². The molecule has 11 heteroatoms. The third-order valence-electron chi connectivity index (χ3n) is 10.8. The van der Waals surface area contributed by atoms with Gasteiger partial charge in [0.2, 0.25) is 0 Å². The Hall–Kier alpha value is -4.02.